The van der Waals surface area contributed by atoms with Gasteiger partial charge in [-0.15, -0.1) is 0 Å². The molecule has 0 amide bonds. The fraction of sp³-hybridized carbons (Fsp3) is 0. The summed E-state index contributed by atoms with van der Waals surface area (Å²) >= 11 is 0. The number of furan rings is 1. The van der Waals surface area contributed by atoms with Crippen molar-refractivity contribution in [1.82, 2.24) is 14.5 Å². The fourth-order valence-corrected chi connectivity index (χ4v) is 8.74. The Morgan fingerprint density at radius 2 is 1.02 bits per heavy atom. The maximum absolute atomic E-state index is 6.56. The molecule has 4 nitrogen and oxygen atoms in total. The van der Waals surface area contributed by atoms with Crippen LogP contribution in [0.3, 0.4) is 0 Å². The molecule has 4 heteroatoms. The van der Waals surface area contributed by atoms with E-state index in [1.807, 2.05) is 12.1 Å². The van der Waals surface area contributed by atoms with Crippen LogP contribution < -0.4 is 0 Å². The molecule has 0 fully saturated rings. The number of hydrogen-bond donors (Lipinski definition) is 0. The lowest BCUT2D eigenvalue weighted by atomic mass is 9.93. The Bertz CT molecular complexity index is 3470. The predicted octanol–water partition coefficient (Wildman–Crippen LogP) is 13.9. The Balaban J connectivity index is 1.20. The quantitative estimate of drug-likeness (QED) is 0.171. The molecule has 260 valence electrons. The molecule has 0 bridgehead atoms. The second kappa shape index (κ2) is 12.0. The topological polar surface area (TPSA) is 43.9 Å². The van der Waals surface area contributed by atoms with Gasteiger partial charge in [-0.1, -0.05) is 133 Å². The van der Waals surface area contributed by atoms with E-state index in [0.29, 0.717) is 5.95 Å². The van der Waals surface area contributed by atoms with Gasteiger partial charge in [-0.3, -0.25) is 4.57 Å². The summed E-state index contributed by atoms with van der Waals surface area (Å²) < 4.78 is 8.80. The first-order valence-corrected chi connectivity index (χ1v) is 19.0. The third-order valence-corrected chi connectivity index (χ3v) is 11.3. The molecule has 0 aliphatic heterocycles. The standard InChI is InChI=1S/C52H31N3O/c1-3-13-32(14-4-1)36-27-37(33-15-5-2-6-16-33)29-38(28-36)50-49-39-18-8-7-17-34(39)24-26-45(49)53-52(54-50)55-46-21-11-9-19-40(46)44-30-35-23-25-42-41-20-10-12-22-48(41)56-51(42)43(35)31-47(44)55/h1-31H. The molecule has 0 saturated carbocycles. The van der Waals surface area contributed by atoms with Gasteiger partial charge in [-0.25, -0.2) is 9.97 Å². The zero-order valence-corrected chi connectivity index (χ0v) is 30.1. The van der Waals surface area contributed by atoms with Crippen LogP contribution in [-0.4, -0.2) is 14.5 Å². The van der Waals surface area contributed by atoms with Crippen molar-refractivity contribution in [2.24, 2.45) is 0 Å². The molecule has 0 aliphatic carbocycles. The van der Waals surface area contributed by atoms with Gasteiger partial charge >= 0.3 is 0 Å². The second-order valence-corrected chi connectivity index (χ2v) is 14.6. The van der Waals surface area contributed by atoms with Gasteiger partial charge in [0.15, 0.2) is 0 Å². The number of para-hydroxylation sites is 2. The number of fused-ring (bicyclic) bond motifs is 11. The zero-order chi connectivity index (χ0) is 36.7. The number of aromatic nitrogens is 3. The van der Waals surface area contributed by atoms with Crippen molar-refractivity contribution >= 4 is 76.2 Å². The Hall–Kier alpha value is -7.56. The summed E-state index contributed by atoms with van der Waals surface area (Å²) in [5.74, 6) is 0.622. The molecular formula is C52H31N3O. The van der Waals surface area contributed by atoms with E-state index in [4.69, 9.17) is 14.4 Å². The first kappa shape index (κ1) is 30.9. The zero-order valence-electron chi connectivity index (χ0n) is 30.1. The van der Waals surface area contributed by atoms with E-state index in [2.05, 4.69) is 180 Å². The molecule has 12 aromatic rings. The Morgan fingerprint density at radius 1 is 0.375 bits per heavy atom. The summed E-state index contributed by atoms with van der Waals surface area (Å²) in [6.45, 7) is 0. The molecular weight excluding hydrogens is 683 g/mol. The minimum absolute atomic E-state index is 0.622. The number of rotatable bonds is 4. The van der Waals surface area contributed by atoms with Crippen LogP contribution in [0.5, 0.6) is 0 Å². The molecule has 3 aromatic heterocycles. The highest BCUT2D eigenvalue weighted by atomic mass is 16.3. The average molecular weight is 714 g/mol. The number of hydrogen-bond acceptors (Lipinski definition) is 3. The number of benzene rings is 9. The maximum atomic E-state index is 6.56. The van der Waals surface area contributed by atoms with Gasteiger partial charge in [-0.05, 0) is 93.0 Å². The van der Waals surface area contributed by atoms with Crippen molar-refractivity contribution in [3.8, 4) is 39.5 Å². The maximum Gasteiger partial charge on any atom is 0.235 e. The Morgan fingerprint density at radius 3 is 1.80 bits per heavy atom. The van der Waals surface area contributed by atoms with E-state index >= 15 is 0 Å². The average Bonchev–Trinajstić information content (AvgIpc) is 3.81. The van der Waals surface area contributed by atoms with Crippen LogP contribution in [-0.2, 0) is 0 Å². The first-order chi connectivity index (χ1) is 27.7. The van der Waals surface area contributed by atoms with E-state index < -0.39 is 0 Å². The SMILES string of the molecule is c1ccc(-c2cc(-c3ccccc3)cc(-c3nc(-n4c5ccccc5c5cc6ccc7c8ccccc8oc7c6cc54)nc4ccc5ccccc5c34)c2)cc1. The van der Waals surface area contributed by atoms with Crippen LogP contribution in [0.2, 0.25) is 0 Å². The van der Waals surface area contributed by atoms with E-state index in [0.717, 1.165) is 110 Å². The third-order valence-electron chi connectivity index (χ3n) is 11.3. The smallest absolute Gasteiger partial charge is 0.235 e. The minimum Gasteiger partial charge on any atom is -0.455 e. The summed E-state index contributed by atoms with van der Waals surface area (Å²) in [6, 6.07) is 66.8. The molecule has 3 heterocycles. The van der Waals surface area contributed by atoms with Crippen LogP contribution in [0.1, 0.15) is 0 Å². The van der Waals surface area contributed by atoms with Gasteiger partial charge in [0.05, 0.1) is 22.2 Å². The van der Waals surface area contributed by atoms with Crippen LogP contribution in [0.4, 0.5) is 0 Å². The molecule has 56 heavy (non-hydrogen) atoms. The van der Waals surface area contributed by atoms with Gasteiger partial charge in [0.2, 0.25) is 5.95 Å². The van der Waals surface area contributed by atoms with Gasteiger partial charge in [0, 0.05) is 37.9 Å². The molecule has 0 spiro atoms. The van der Waals surface area contributed by atoms with Gasteiger partial charge < -0.3 is 4.42 Å². The van der Waals surface area contributed by atoms with E-state index in [1.54, 1.807) is 0 Å². The van der Waals surface area contributed by atoms with Crippen molar-refractivity contribution in [2.75, 3.05) is 0 Å². The van der Waals surface area contributed by atoms with Gasteiger partial charge in [0.25, 0.3) is 0 Å². The second-order valence-electron chi connectivity index (χ2n) is 14.6. The Labute approximate surface area is 321 Å². The highest BCUT2D eigenvalue weighted by molar-refractivity contribution is 6.20. The lowest BCUT2D eigenvalue weighted by molar-refractivity contribution is 0.672. The Kier molecular flexibility index (Phi) is 6.60. The lowest BCUT2D eigenvalue weighted by Crippen LogP contribution is -2.04. The van der Waals surface area contributed by atoms with E-state index in [9.17, 15) is 0 Å². The molecule has 0 radical (unpaired) electrons. The molecule has 9 aromatic carbocycles. The van der Waals surface area contributed by atoms with Crippen molar-refractivity contribution in [3.05, 3.63) is 188 Å². The van der Waals surface area contributed by atoms with Crippen LogP contribution >= 0.6 is 0 Å². The summed E-state index contributed by atoms with van der Waals surface area (Å²) in [5, 5.41) is 10.0. The van der Waals surface area contributed by atoms with Gasteiger partial charge in [-0.2, -0.15) is 0 Å². The van der Waals surface area contributed by atoms with E-state index in [1.165, 1.54) is 0 Å². The molecule has 0 atom stereocenters. The van der Waals surface area contributed by atoms with Crippen molar-refractivity contribution in [1.29, 1.82) is 0 Å². The van der Waals surface area contributed by atoms with Gasteiger partial charge in [0.1, 0.15) is 11.2 Å². The van der Waals surface area contributed by atoms with Crippen molar-refractivity contribution < 1.29 is 4.42 Å². The monoisotopic (exact) mass is 713 g/mol. The molecule has 0 unspecified atom stereocenters. The summed E-state index contributed by atoms with van der Waals surface area (Å²) in [7, 11) is 0. The van der Waals surface area contributed by atoms with Crippen LogP contribution in [0.25, 0.3) is 116 Å². The molecule has 0 N–H and O–H groups in total. The van der Waals surface area contributed by atoms with Crippen molar-refractivity contribution in [3.63, 3.8) is 0 Å². The summed E-state index contributed by atoms with van der Waals surface area (Å²) in [4.78, 5) is 11.1. The molecule has 12 rings (SSSR count). The number of nitrogens with zero attached hydrogens (tertiary/aromatic N) is 3. The molecule has 0 aliphatic rings. The minimum atomic E-state index is 0.622. The highest BCUT2D eigenvalue weighted by Gasteiger charge is 2.21. The highest BCUT2D eigenvalue weighted by Crippen LogP contribution is 2.42. The summed E-state index contributed by atoms with van der Waals surface area (Å²) in [6.07, 6.45) is 0. The predicted molar refractivity (Wildman–Crippen MR) is 232 cm³/mol. The van der Waals surface area contributed by atoms with Crippen LogP contribution in [0, 0.1) is 0 Å². The van der Waals surface area contributed by atoms with E-state index in [-0.39, 0.29) is 0 Å². The fourth-order valence-electron chi connectivity index (χ4n) is 8.74. The third kappa shape index (κ3) is 4.66. The summed E-state index contributed by atoms with van der Waals surface area (Å²) in [5.41, 5.74) is 11.2. The molecule has 0 saturated heterocycles. The first-order valence-electron chi connectivity index (χ1n) is 19.0. The largest absolute Gasteiger partial charge is 0.455 e. The lowest BCUT2D eigenvalue weighted by Gasteiger charge is -2.16. The normalized spacial score (nSPS) is 11.9. The van der Waals surface area contributed by atoms with Crippen LogP contribution in [0.15, 0.2) is 192 Å². The van der Waals surface area contributed by atoms with Crippen molar-refractivity contribution in [2.45, 2.75) is 0 Å².